The van der Waals surface area contributed by atoms with Gasteiger partial charge in [-0.1, -0.05) is 17.4 Å². The largest absolute Gasteiger partial charge is 0.296 e. The van der Waals surface area contributed by atoms with Crippen LogP contribution in [0.4, 0.5) is 5.13 Å². The predicted octanol–water partition coefficient (Wildman–Crippen LogP) is 3.53. The van der Waals surface area contributed by atoms with Crippen LogP contribution < -0.4 is 5.32 Å². The van der Waals surface area contributed by atoms with Crippen LogP contribution in [0, 0.1) is 0 Å². The van der Waals surface area contributed by atoms with E-state index in [0.29, 0.717) is 10.8 Å². The molecular weight excluding hydrogens is 340 g/mol. The molecule has 0 aliphatic rings. The van der Waals surface area contributed by atoms with Crippen LogP contribution in [-0.2, 0) is 6.54 Å². The van der Waals surface area contributed by atoms with Crippen molar-refractivity contribution in [2.75, 3.05) is 5.32 Å². The number of nitrogens with one attached hydrogen (secondary N) is 1. The Bertz CT molecular complexity index is 780. The SMILES string of the molecule is CCn1ccc(C(=O)Nc2nc3c(Br)cccc3s2)n1. The van der Waals surface area contributed by atoms with Crippen LogP contribution in [0.25, 0.3) is 10.2 Å². The summed E-state index contributed by atoms with van der Waals surface area (Å²) in [5.74, 6) is -0.243. The molecular formula is C13H11BrN4OS. The Labute approximate surface area is 127 Å². The van der Waals surface area contributed by atoms with Gasteiger partial charge in [-0.25, -0.2) is 4.98 Å². The van der Waals surface area contributed by atoms with E-state index >= 15 is 0 Å². The molecule has 0 saturated carbocycles. The standard InChI is InChI=1S/C13H11BrN4OS/c1-2-18-7-6-9(17-18)12(19)16-13-15-11-8(14)4-3-5-10(11)20-13/h3-7H,2H2,1H3,(H,15,16,19). The summed E-state index contributed by atoms with van der Waals surface area (Å²) >= 11 is 4.89. The molecule has 0 saturated heterocycles. The smallest absolute Gasteiger partial charge is 0.277 e. The van der Waals surface area contributed by atoms with Gasteiger partial charge in [-0.2, -0.15) is 5.10 Å². The summed E-state index contributed by atoms with van der Waals surface area (Å²) < 4.78 is 3.65. The first kappa shape index (κ1) is 13.3. The number of amides is 1. The molecule has 0 spiro atoms. The van der Waals surface area contributed by atoms with E-state index in [1.807, 2.05) is 25.1 Å². The van der Waals surface area contributed by atoms with Crippen molar-refractivity contribution in [1.29, 1.82) is 0 Å². The molecule has 1 amide bonds. The minimum atomic E-state index is -0.243. The summed E-state index contributed by atoms with van der Waals surface area (Å²) in [7, 11) is 0. The summed E-state index contributed by atoms with van der Waals surface area (Å²) in [4.78, 5) is 16.5. The molecule has 0 atom stereocenters. The van der Waals surface area contributed by atoms with Gasteiger partial charge in [-0.05, 0) is 41.1 Å². The van der Waals surface area contributed by atoms with Crippen LogP contribution in [0.5, 0.6) is 0 Å². The van der Waals surface area contributed by atoms with E-state index in [1.54, 1.807) is 16.9 Å². The topological polar surface area (TPSA) is 59.8 Å². The fourth-order valence-corrected chi connectivity index (χ4v) is 3.26. The summed E-state index contributed by atoms with van der Waals surface area (Å²) in [6.07, 6.45) is 1.78. The number of carbonyl (C=O) groups is 1. The van der Waals surface area contributed by atoms with Gasteiger partial charge in [0, 0.05) is 17.2 Å². The molecule has 1 aromatic carbocycles. The molecule has 102 valence electrons. The number of para-hydroxylation sites is 1. The molecule has 7 heteroatoms. The average Bonchev–Trinajstić information content (AvgIpc) is 3.05. The van der Waals surface area contributed by atoms with Gasteiger partial charge < -0.3 is 0 Å². The fourth-order valence-electron chi connectivity index (χ4n) is 1.79. The number of hydrogen-bond donors (Lipinski definition) is 1. The molecule has 1 N–H and O–H groups in total. The minimum absolute atomic E-state index is 0.243. The molecule has 5 nitrogen and oxygen atoms in total. The lowest BCUT2D eigenvalue weighted by Gasteiger charge is -1.97. The van der Waals surface area contributed by atoms with Gasteiger partial charge in [0.25, 0.3) is 5.91 Å². The Morgan fingerprint density at radius 2 is 2.30 bits per heavy atom. The van der Waals surface area contributed by atoms with Crippen molar-refractivity contribution in [2.45, 2.75) is 13.5 Å². The van der Waals surface area contributed by atoms with Gasteiger partial charge >= 0.3 is 0 Å². The van der Waals surface area contributed by atoms with Crippen LogP contribution in [-0.4, -0.2) is 20.7 Å². The van der Waals surface area contributed by atoms with Gasteiger partial charge in [0.2, 0.25) is 0 Å². The van der Waals surface area contributed by atoms with Crippen LogP contribution in [0.1, 0.15) is 17.4 Å². The molecule has 2 heterocycles. The molecule has 3 aromatic rings. The first-order chi connectivity index (χ1) is 9.67. The Morgan fingerprint density at radius 3 is 3.00 bits per heavy atom. The van der Waals surface area contributed by atoms with Crippen LogP contribution >= 0.6 is 27.3 Å². The number of benzene rings is 1. The summed E-state index contributed by atoms with van der Waals surface area (Å²) in [6.45, 7) is 2.71. The lowest BCUT2D eigenvalue weighted by Crippen LogP contribution is -2.13. The van der Waals surface area contributed by atoms with Crippen molar-refractivity contribution < 1.29 is 4.79 Å². The molecule has 0 aliphatic carbocycles. The maximum atomic E-state index is 12.1. The number of rotatable bonds is 3. The monoisotopic (exact) mass is 350 g/mol. The number of thiazole rings is 1. The number of nitrogens with zero attached hydrogens (tertiary/aromatic N) is 3. The quantitative estimate of drug-likeness (QED) is 0.785. The third-order valence-corrected chi connectivity index (χ3v) is 4.36. The molecule has 3 rings (SSSR count). The van der Waals surface area contributed by atoms with Crippen LogP contribution in [0.15, 0.2) is 34.9 Å². The maximum Gasteiger partial charge on any atom is 0.277 e. The zero-order chi connectivity index (χ0) is 14.1. The molecule has 20 heavy (non-hydrogen) atoms. The molecule has 0 aliphatic heterocycles. The van der Waals surface area contributed by atoms with Crippen molar-refractivity contribution in [3.8, 4) is 0 Å². The molecule has 0 unspecified atom stereocenters. The first-order valence-corrected chi connectivity index (χ1v) is 7.68. The van der Waals surface area contributed by atoms with Gasteiger partial charge in [0.1, 0.15) is 0 Å². The number of hydrogen-bond acceptors (Lipinski definition) is 4. The van der Waals surface area contributed by atoms with Crippen molar-refractivity contribution in [2.24, 2.45) is 0 Å². The average molecular weight is 351 g/mol. The van der Waals surface area contributed by atoms with Crippen LogP contribution in [0.3, 0.4) is 0 Å². The van der Waals surface area contributed by atoms with Gasteiger partial charge in [-0.3, -0.25) is 14.8 Å². The Balaban J connectivity index is 1.85. The van der Waals surface area contributed by atoms with E-state index < -0.39 is 0 Å². The third-order valence-electron chi connectivity index (χ3n) is 2.79. The Kier molecular flexibility index (Phi) is 3.54. The van der Waals surface area contributed by atoms with E-state index in [0.717, 1.165) is 21.2 Å². The second kappa shape index (κ2) is 5.34. The normalized spacial score (nSPS) is 10.9. The van der Waals surface area contributed by atoms with Gasteiger partial charge in [0.05, 0.1) is 10.2 Å². The predicted molar refractivity (Wildman–Crippen MR) is 83.2 cm³/mol. The highest BCUT2D eigenvalue weighted by molar-refractivity contribution is 9.10. The summed E-state index contributed by atoms with van der Waals surface area (Å²) in [5, 5.41) is 7.52. The molecule has 0 radical (unpaired) electrons. The van der Waals surface area contributed by atoms with Crippen molar-refractivity contribution in [1.82, 2.24) is 14.8 Å². The minimum Gasteiger partial charge on any atom is -0.296 e. The highest BCUT2D eigenvalue weighted by Crippen LogP contribution is 2.30. The summed E-state index contributed by atoms with van der Waals surface area (Å²) in [6, 6.07) is 7.54. The van der Waals surface area contributed by atoms with E-state index in [2.05, 4.69) is 31.3 Å². The maximum absolute atomic E-state index is 12.1. The Morgan fingerprint density at radius 1 is 1.45 bits per heavy atom. The third kappa shape index (κ3) is 2.46. The van der Waals surface area contributed by atoms with E-state index in [4.69, 9.17) is 0 Å². The van der Waals surface area contributed by atoms with Gasteiger partial charge in [-0.15, -0.1) is 0 Å². The lowest BCUT2D eigenvalue weighted by molar-refractivity contribution is 0.102. The van der Waals surface area contributed by atoms with Crippen molar-refractivity contribution in [3.63, 3.8) is 0 Å². The van der Waals surface area contributed by atoms with Crippen LogP contribution in [0.2, 0.25) is 0 Å². The lowest BCUT2D eigenvalue weighted by atomic mass is 10.3. The van der Waals surface area contributed by atoms with E-state index in [9.17, 15) is 4.79 Å². The number of aromatic nitrogens is 3. The number of halogens is 1. The first-order valence-electron chi connectivity index (χ1n) is 6.07. The van der Waals surface area contributed by atoms with E-state index in [1.165, 1.54) is 11.3 Å². The highest BCUT2D eigenvalue weighted by Gasteiger charge is 2.13. The highest BCUT2D eigenvalue weighted by atomic mass is 79.9. The Hall–Kier alpha value is -1.73. The zero-order valence-corrected chi connectivity index (χ0v) is 13.0. The zero-order valence-electron chi connectivity index (χ0n) is 10.6. The number of fused-ring (bicyclic) bond motifs is 1. The second-order valence-corrected chi connectivity index (χ2v) is 6.00. The molecule has 0 fully saturated rings. The molecule has 0 bridgehead atoms. The van der Waals surface area contributed by atoms with Crippen molar-refractivity contribution in [3.05, 3.63) is 40.6 Å². The number of aryl methyl sites for hydroxylation is 1. The summed E-state index contributed by atoms with van der Waals surface area (Å²) in [5.41, 5.74) is 1.25. The number of anilines is 1. The fraction of sp³-hybridized carbons (Fsp3) is 0.154. The number of carbonyl (C=O) groups excluding carboxylic acids is 1. The second-order valence-electron chi connectivity index (χ2n) is 4.12. The van der Waals surface area contributed by atoms with Crippen molar-refractivity contribution >= 4 is 48.5 Å². The molecule has 2 aromatic heterocycles. The van der Waals surface area contributed by atoms with Gasteiger partial charge in [0.15, 0.2) is 10.8 Å². The van der Waals surface area contributed by atoms with E-state index in [-0.39, 0.29) is 5.91 Å².